The van der Waals surface area contributed by atoms with Gasteiger partial charge in [-0.25, -0.2) is 9.37 Å². The number of aliphatic hydroxyl groups excluding tert-OH is 1. The number of amides is 1. The average Bonchev–Trinajstić information content (AvgIpc) is 3.38. The number of carbonyl (C=O) groups excluding carboxylic acids is 1. The van der Waals surface area contributed by atoms with E-state index >= 15 is 0 Å². The second-order valence-corrected chi connectivity index (χ2v) is 8.66. The number of aliphatic hydroxyl groups is 1. The molecule has 5 nitrogen and oxygen atoms in total. The fourth-order valence-corrected chi connectivity index (χ4v) is 5.16. The summed E-state index contributed by atoms with van der Waals surface area (Å²) in [6.45, 7) is 0. The Balaban J connectivity index is 1.21. The van der Waals surface area contributed by atoms with Crippen molar-refractivity contribution in [2.75, 3.05) is 0 Å². The second kappa shape index (κ2) is 8.27. The van der Waals surface area contributed by atoms with E-state index in [0.717, 1.165) is 36.9 Å². The Hall–Kier alpha value is -2.99. The van der Waals surface area contributed by atoms with Gasteiger partial charge in [-0.3, -0.25) is 4.79 Å². The summed E-state index contributed by atoms with van der Waals surface area (Å²) < 4.78 is 16.6. The molecule has 0 spiro atoms. The standard InChI is InChI=1S/C25H26FN3O2/c26-20-8-4-7-19-22-14-27-15-29(22)21(24(19)20)13-23(30)16-9-11-18(12-10-16)28-25(31)17-5-2-1-3-6-17/h1-8,14-16,18,21,23,30H,9-13H2,(H,28,31). The van der Waals surface area contributed by atoms with Crippen LogP contribution in [0.4, 0.5) is 4.39 Å². The van der Waals surface area contributed by atoms with Crippen LogP contribution in [0.15, 0.2) is 61.1 Å². The van der Waals surface area contributed by atoms with Gasteiger partial charge in [-0.1, -0.05) is 30.3 Å². The fourth-order valence-electron chi connectivity index (χ4n) is 5.16. The summed E-state index contributed by atoms with van der Waals surface area (Å²) in [6.07, 6.45) is 6.77. The minimum Gasteiger partial charge on any atom is -0.393 e. The Morgan fingerprint density at radius 2 is 1.90 bits per heavy atom. The van der Waals surface area contributed by atoms with Crippen molar-refractivity contribution in [2.45, 2.75) is 50.3 Å². The first-order valence-electron chi connectivity index (χ1n) is 11.0. The predicted octanol–water partition coefficient (Wildman–Crippen LogP) is 4.33. The Kier molecular flexibility index (Phi) is 5.32. The van der Waals surface area contributed by atoms with Gasteiger partial charge in [0, 0.05) is 22.7 Å². The molecule has 0 bridgehead atoms. The van der Waals surface area contributed by atoms with Crippen molar-refractivity contribution in [2.24, 2.45) is 5.92 Å². The zero-order valence-corrected chi connectivity index (χ0v) is 17.2. The Bertz CT molecular complexity index is 1070. The highest BCUT2D eigenvalue weighted by Crippen LogP contribution is 2.44. The topological polar surface area (TPSA) is 67.2 Å². The van der Waals surface area contributed by atoms with E-state index in [4.69, 9.17) is 0 Å². The first-order chi connectivity index (χ1) is 15.1. The maximum atomic E-state index is 14.6. The highest BCUT2D eigenvalue weighted by molar-refractivity contribution is 5.94. The van der Waals surface area contributed by atoms with Crippen LogP contribution < -0.4 is 5.32 Å². The molecule has 0 saturated heterocycles. The summed E-state index contributed by atoms with van der Waals surface area (Å²) in [4.78, 5) is 16.6. The van der Waals surface area contributed by atoms with Crippen LogP contribution in [0.3, 0.4) is 0 Å². The van der Waals surface area contributed by atoms with Crippen LogP contribution >= 0.6 is 0 Å². The lowest BCUT2D eigenvalue weighted by atomic mass is 9.80. The summed E-state index contributed by atoms with van der Waals surface area (Å²) in [6, 6.07) is 14.2. The zero-order valence-electron chi connectivity index (χ0n) is 17.2. The van der Waals surface area contributed by atoms with Crippen molar-refractivity contribution in [3.05, 3.63) is 78.0 Å². The molecule has 2 aliphatic rings. The van der Waals surface area contributed by atoms with E-state index in [2.05, 4.69) is 10.3 Å². The highest BCUT2D eigenvalue weighted by atomic mass is 19.1. The number of hydrogen-bond donors (Lipinski definition) is 2. The maximum Gasteiger partial charge on any atom is 0.251 e. The van der Waals surface area contributed by atoms with E-state index in [9.17, 15) is 14.3 Å². The van der Waals surface area contributed by atoms with Gasteiger partial charge < -0.3 is 15.0 Å². The molecule has 1 fully saturated rings. The highest BCUT2D eigenvalue weighted by Gasteiger charge is 2.35. The van der Waals surface area contributed by atoms with Crippen LogP contribution in [0.25, 0.3) is 11.3 Å². The van der Waals surface area contributed by atoms with Gasteiger partial charge in [0.05, 0.1) is 30.4 Å². The van der Waals surface area contributed by atoms with Crippen molar-refractivity contribution in [3.63, 3.8) is 0 Å². The molecule has 2 N–H and O–H groups in total. The Morgan fingerprint density at radius 3 is 2.68 bits per heavy atom. The van der Waals surface area contributed by atoms with E-state index < -0.39 is 6.10 Å². The number of carbonyl (C=O) groups is 1. The van der Waals surface area contributed by atoms with Gasteiger partial charge in [-0.15, -0.1) is 0 Å². The molecule has 6 heteroatoms. The molecular formula is C25H26FN3O2. The first kappa shape index (κ1) is 19.9. The third kappa shape index (κ3) is 3.76. The Morgan fingerprint density at radius 1 is 1.13 bits per heavy atom. The van der Waals surface area contributed by atoms with Gasteiger partial charge in [-0.05, 0) is 56.2 Å². The monoisotopic (exact) mass is 419 g/mol. The molecule has 5 rings (SSSR count). The van der Waals surface area contributed by atoms with E-state index in [1.807, 2.05) is 41.0 Å². The van der Waals surface area contributed by atoms with E-state index in [-0.39, 0.29) is 29.7 Å². The normalized spacial score (nSPS) is 23.1. The van der Waals surface area contributed by atoms with E-state index in [1.54, 1.807) is 18.6 Å². The summed E-state index contributed by atoms with van der Waals surface area (Å²) in [5.41, 5.74) is 3.09. The number of fused-ring (bicyclic) bond motifs is 3. The molecule has 1 aliphatic carbocycles. The van der Waals surface area contributed by atoms with Gasteiger partial charge in [0.25, 0.3) is 5.91 Å². The van der Waals surface area contributed by atoms with Crippen LogP contribution in [0.5, 0.6) is 0 Å². The molecule has 2 aromatic carbocycles. The molecule has 2 heterocycles. The van der Waals surface area contributed by atoms with Crippen LogP contribution in [-0.4, -0.2) is 32.7 Å². The zero-order chi connectivity index (χ0) is 21.4. The molecule has 1 aromatic heterocycles. The van der Waals surface area contributed by atoms with Crippen LogP contribution in [-0.2, 0) is 0 Å². The van der Waals surface area contributed by atoms with E-state index in [1.165, 1.54) is 6.07 Å². The number of nitrogens with zero attached hydrogens (tertiary/aromatic N) is 2. The molecule has 3 aromatic rings. The Labute approximate surface area is 180 Å². The van der Waals surface area contributed by atoms with Crippen LogP contribution in [0.2, 0.25) is 0 Å². The van der Waals surface area contributed by atoms with Gasteiger partial charge in [0.1, 0.15) is 5.82 Å². The molecule has 1 saturated carbocycles. The molecule has 0 radical (unpaired) electrons. The SMILES string of the molecule is O=C(NC1CCC(C(O)CC2c3c(F)cccc3-c3cncn32)CC1)c1ccccc1. The van der Waals surface area contributed by atoms with E-state index in [0.29, 0.717) is 17.5 Å². The summed E-state index contributed by atoms with van der Waals surface area (Å²) >= 11 is 0. The molecular weight excluding hydrogens is 393 g/mol. The van der Waals surface area contributed by atoms with Gasteiger partial charge in [-0.2, -0.15) is 0 Å². The largest absolute Gasteiger partial charge is 0.393 e. The molecule has 2 unspecified atom stereocenters. The van der Waals surface area contributed by atoms with Gasteiger partial charge >= 0.3 is 0 Å². The van der Waals surface area contributed by atoms with Crippen molar-refractivity contribution >= 4 is 5.91 Å². The van der Waals surface area contributed by atoms with Crippen molar-refractivity contribution in [1.82, 2.24) is 14.9 Å². The minimum absolute atomic E-state index is 0.0460. The number of benzene rings is 2. The lowest BCUT2D eigenvalue weighted by molar-refractivity contribution is 0.0612. The molecule has 31 heavy (non-hydrogen) atoms. The van der Waals surface area contributed by atoms with Crippen molar-refractivity contribution in [3.8, 4) is 11.3 Å². The lowest BCUT2D eigenvalue weighted by Gasteiger charge is -2.33. The van der Waals surface area contributed by atoms with Crippen LogP contribution in [0.1, 0.15) is 54.1 Å². The summed E-state index contributed by atoms with van der Waals surface area (Å²) in [5, 5.41) is 14.1. The molecule has 1 aliphatic heterocycles. The molecule has 1 amide bonds. The van der Waals surface area contributed by atoms with Gasteiger partial charge in [0.15, 0.2) is 0 Å². The third-order valence-electron chi connectivity index (χ3n) is 6.82. The second-order valence-electron chi connectivity index (χ2n) is 8.66. The third-order valence-corrected chi connectivity index (χ3v) is 6.82. The summed E-state index contributed by atoms with van der Waals surface area (Å²) in [7, 11) is 0. The predicted molar refractivity (Wildman–Crippen MR) is 116 cm³/mol. The number of aromatic nitrogens is 2. The maximum absolute atomic E-state index is 14.6. The fraction of sp³-hybridized carbons (Fsp3) is 0.360. The number of hydrogen-bond acceptors (Lipinski definition) is 3. The van der Waals surface area contributed by atoms with Crippen LogP contribution in [0, 0.1) is 11.7 Å². The number of rotatable bonds is 5. The van der Waals surface area contributed by atoms with Gasteiger partial charge in [0.2, 0.25) is 0 Å². The quantitative estimate of drug-likeness (QED) is 0.647. The number of nitrogens with one attached hydrogen (secondary N) is 1. The average molecular weight is 420 g/mol. The minimum atomic E-state index is -0.531. The molecule has 2 atom stereocenters. The van der Waals surface area contributed by atoms with Crippen molar-refractivity contribution < 1.29 is 14.3 Å². The first-order valence-corrected chi connectivity index (χ1v) is 11.0. The number of halogens is 1. The molecule has 160 valence electrons. The van der Waals surface area contributed by atoms with Crippen molar-refractivity contribution in [1.29, 1.82) is 0 Å². The lowest BCUT2D eigenvalue weighted by Crippen LogP contribution is -2.39. The smallest absolute Gasteiger partial charge is 0.251 e. The summed E-state index contributed by atoms with van der Waals surface area (Å²) in [5.74, 6) is -0.131. The number of imidazole rings is 1.